The van der Waals surface area contributed by atoms with Gasteiger partial charge in [0.15, 0.2) is 0 Å². The van der Waals surface area contributed by atoms with Crippen LogP contribution in [0.2, 0.25) is 0 Å². The Morgan fingerprint density at radius 2 is 1.61 bits per heavy atom. The lowest BCUT2D eigenvalue weighted by Crippen LogP contribution is -2.28. The van der Waals surface area contributed by atoms with Gasteiger partial charge >= 0.3 is 0 Å². The van der Waals surface area contributed by atoms with Crippen molar-refractivity contribution >= 4 is 5.91 Å². The summed E-state index contributed by atoms with van der Waals surface area (Å²) in [6.45, 7) is 0.510. The van der Waals surface area contributed by atoms with Crippen LogP contribution in [0.3, 0.4) is 0 Å². The van der Waals surface area contributed by atoms with Crippen LogP contribution in [-0.2, 0) is 6.42 Å². The molecule has 0 atom stereocenters. The molecule has 0 aliphatic heterocycles. The maximum absolute atomic E-state index is 12.9. The number of carbonyl (C=O) groups is 1. The Balaban J connectivity index is 1.59. The number of hydrogen-bond donors (Lipinski definition) is 1. The summed E-state index contributed by atoms with van der Waals surface area (Å²) in [5.74, 6) is -0.158. The van der Waals surface area contributed by atoms with Crippen molar-refractivity contribution in [3.8, 4) is 16.9 Å². The van der Waals surface area contributed by atoms with Crippen LogP contribution in [0.1, 0.15) is 16.2 Å². The molecule has 0 unspecified atom stereocenters. The predicted octanol–water partition coefficient (Wildman–Crippen LogP) is 3.91. The van der Waals surface area contributed by atoms with Gasteiger partial charge in [-0.05, 0) is 30.3 Å². The van der Waals surface area contributed by atoms with E-state index in [1.54, 1.807) is 10.9 Å². The van der Waals surface area contributed by atoms with Crippen LogP contribution in [0.15, 0.2) is 91.1 Å². The molecular weight excluding hydrogens is 348 g/mol. The van der Waals surface area contributed by atoms with E-state index < -0.39 is 0 Å². The number of hydrogen-bond acceptors (Lipinski definition) is 3. The van der Waals surface area contributed by atoms with Gasteiger partial charge in [0.2, 0.25) is 0 Å². The van der Waals surface area contributed by atoms with Gasteiger partial charge < -0.3 is 5.32 Å². The minimum Gasteiger partial charge on any atom is -0.350 e. The van der Waals surface area contributed by atoms with Crippen molar-refractivity contribution in [3.63, 3.8) is 0 Å². The quantitative estimate of drug-likeness (QED) is 0.561. The van der Waals surface area contributed by atoms with E-state index >= 15 is 0 Å². The average molecular weight is 368 g/mol. The topological polar surface area (TPSA) is 59.8 Å². The Bertz CT molecular complexity index is 1040. The van der Waals surface area contributed by atoms with E-state index in [0.29, 0.717) is 18.7 Å². The first kappa shape index (κ1) is 17.7. The van der Waals surface area contributed by atoms with Crippen molar-refractivity contribution < 1.29 is 4.79 Å². The first-order chi connectivity index (χ1) is 13.8. The van der Waals surface area contributed by atoms with Crippen molar-refractivity contribution in [2.24, 2.45) is 0 Å². The summed E-state index contributed by atoms with van der Waals surface area (Å²) < 4.78 is 1.69. The van der Waals surface area contributed by atoms with Crippen molar-refractivity contribution in [2.75, 3.05) is 6.54 Å². The summed E-state index contributed by atoms with van der Waals surface area (Å²) in [7, 11) is 0. The molecule has 2 aromatic carbocycles. The number of pyridine rings is 1. The molecule has 0 saturated heterocycles. The molecule has 1 N–H and O–H groups in total. The third-order valence-corrected chi connectivity index (χ3v) is 4.41. The van der Waals surface area contributed by atoms with Gasteiger partial charge in [0.25, 0.3) is 5.91 Å². The number of carbonyl (C=O) groups excluding carboxylic acids is 1. The van der Waals surface area contributed by atoms with Gasteiger partial charge in [0.1, 0.15) is 5.69 Å². The lowest BCUT2D eigenvalue weighted by atomic mass is 10.1. The van der Waals surface area contributed by atoms with E-state index in [2.05, 4.69) is 15.4 Å². The first-order valence-electron chi connectivity index (χ1n) is 9.20. The molecule has 4 rings (SSSR count). The number of aromatic nitrogens is 3. The van der Waals surface area contributed by atoms with Gasteiger partial charge in [0, 0.05) is 30.4 Å². The highest BCUT2D eigenvalue weighted by Gasteiger charge is 2.17. The summed E-state index contributed by atoms with van der Waals surface area (Å²) in [4.78, 5) is 17.2. The lowest BCUT2D eigenvalue weighted by Gasteiger charge is -2.08. The van der Waals surface area contributed by atoms with Crippen LogP contribution < -0.4 is 5.32 Å². The minimum atomic E-state index is -0.158. The number of amides is 1. The second kappa shape index (κ2) is 8.31. The molecule has 0 saturated carbocycles. The van der Waals surface area contributed by atoms with Crippen LogP contribution in [0.5, 0.6) is 0 Å². The molecule has 5 nitrogen and oxygen atoms in total. The Kier molecular flexibility index (Phi) is 5.24. The second-order valence-electron chi connectivity index (χ2n) is 6.36. The Morgan fingerprint density at radius 1 is 0.893 bits per heavy atom. The van der Waals surface area contributed by atoms with E-state index in [-0.39, 0.29) is 5.91 Å². The molecule has 1 amide bonds. The summed E-state index contributed by atoms with van der Waals surface area (Å²) in [6, 6.07) is 27.1. The number of benzene rings is 2. The first-order valence-corrected chi connectivity index (χ1v) is 9.20. The van der Waals surface area contributed by atoms with Crippen LogP contribution in [0, 0.1) is 0 Å². The van der Waals surface area contributed by atoms with E-state index in [9.17, 15) is 4.79 Å². The molecule has 138 valence electrons. The number of nitrogens with zero attached hydrogens (tertiary/aromatic N) is 3. The zero-order valence-electron chi connectivity index (χ0n) is 15.3. The van der Waals surface area contributed by atoms with Crippen LogP contribution >= 0.6 is 0 Å². The van der Waals surface area contributed by atoms with Gasteiger partial charge in [-0.25, -0.2) is 4.68 Å². The minimum absolute atomic E-state index is 0.158. The largest absolute Gasteiger partial charge is 0.350 e. The summed E-state index contributed by atoms with van der Waals surface area (Å²) >= 11 is 0. The van der Waals surface area contributed by atoms with Gasteiger partial charge in [0.05, 0.1) is 11.4 Å². The average Bonchev–Trinajstić information content (AvgIpc) is 3.21. The molecule has 2 aromatic heterocycles. The van der Waals surface area contributed by atoms with Gasteiger partial charge in [-0.3, -0.25) is 9.78 Å². The summed E-state index contributed by atoms with van der Waals surface area (Å²) in [5, 5.41) is 7.66. The van der Waals surface area contributed by atoms with Gasteiger partial charge in [-0.2, -0.15) is 5.10 Å². The third-order valence-electron chi connectivity index (χ3n) is 4.41. The molecule has 0 bridgehead atoms. The van der Waals surface area contributed by atoms with E-state index in [1.807, 2.05) is 84.9 Å². The van der Waals surface area contributed by atoms with Crippen molar-refractivity contribution in [1.29, 1.82) is 0 Å². The molecule has 0 aliphatic rings. The predicted molar refractivity (Wildman–Crippen MR) is 109 cm³/mol. The summed E-state index contributed by atoms with van der Waals surface area (Å²) in [6.07, 6.45) is 2.44. The highest BCUT2D eigenvalue weighted by Crippen LogP contribution is 2.21. The van der Waals surface area contributed by atoms with Crippen molar-refractivity contribution in [3.05, 3.63) is 103 Å². The van der Waals surface area contributed by atoms with Crippen LogP contribution in [-0.4, -0.2) is 27.2 Å². The van der Waals surface area contributed by atoms with Crippen molar-refractivity contribution in [2.45, 2.75) is 6.42 Å². The zero-order chi connectivity index (χ0) is 19.2. The molecule has 5 heteroatoms. The fourth-order valence-electron chi connectivity index (χ4n) is 3.00. The Labute approximate surface area is 163 Å². The van der Waals surface area contributed by atoms with Crippen LogP contribution in [0.25, 0.3) is 16.9 Å². The van der Waals surface area contributed by atoms with Gasteiger partial charge in [-0.1, -0.05) is 54.6 Å². The van der Waals surface area contributed by atoms with E-state index in [4.69, 9.17) is 0 Å². The Morgan fingerprint density at radius 3 is 2.32 bits per heavy atom. The molecule has 2 heterocycles. The SMILES string of the molecule is O=C(NCCc1ccccn1)c1cc(-c2ccccc2)nn1-c1ccccc1. The normalized spacial score (nSPS) is 10.6. The molecule has 0 aliphatic carbocycles. The maximum atomic E-state index is 12.9. The zero-order valence-corrected chi connectivity index (χ0v) is 15.3. The molecule has 28 heavy (non-hydrogen) atoms. The van der Waals surface area contributed by atoms with Gasteiger partial charge in [-0.15, -0.1) is 0 Å². The third kappa shape index (κ3) is 3.99. The molecule has 4 aromatic rings. The Hall–Kier alpha value is -3.73. The molecule has 0 fully saturated rings. The second-order valence-corrected chi connectivity index (χ2v) is 6.36. The monoisotopic (exact) mass is 368 g/mol. The fraction of sp³-hybridized carbons (Fsp3) is 0.0870. The molecular formula is C23H20N4O. The molecule has 0 spiro atoms. The number of nitrogens with one attached hydrogen (secondary N) is 1. The maximum Gasteiger partial charge on any atom is 0.270 e. The highest BCUT2D eigenvalue weighted by molar-refractivity contribution is 5.94. The number of para-hydroxylation sites is 1. The smallest absolute Gasteiger partial charge is 0.270 e. The fourth-order valence-corrected chi connectivity index (χ4v) is 3.00. The van der Waals surface area contributed by atoms with Crippen molar-refractivity contribution in [1.82, 2.24) is 20.1 Å². The standard InChI is InChI=1S/C23H20N4O/c28-23(25-16-14-19-11-7-8-15-24-19)22-17-21(18-9-3-1-4-10-18)26-27(22)20-12-5-2-6-13-20/h1-13,15,17H,14,16H2,(H,25,28). The van der Waals surface area contributed by atoms with E-state index in [0.717, 1.165) is 22.6 Å². The molecule has 0 radical (unpaired) electrons. The highest BCUT2D eigenvalue weighted by atomic mass is 16.2. The van der Waals surface area contributed by atoms with E-state index in [1.165, 1.54) is 0 Å². The number of rotatable bonds is 6. The lowest BCUT2D eigenvalue weighted by molar-refractivity contribution is 0.0946. The summed E-state index contributed by atoms with van der Waals surface area (Å²) in [5.41, 5.74) is 4.04. The van der Waals surface area contributed by atoms with Crippen LogP contribution in [0.4, 0.5) is 0 Å².